The third-order valence-electron chi connectivity index (χ3n) is 5.21. The second kappa shape index (κ2) is 9.90. The molecule has 0 atom stereocenters. The van der Waals surface area contributed by atoms with Crippen LogP contribution in [-0.2, 0) is 9.59 Å². The van der Waals surface area contributed by atoms with E-state index in [0.29, 0.717) is 37.2 Å². The number of benzene rings is 4. The average Bonchev–Trinajstić information content (AvgIpc) is 2.79. The minimum Gasteiger partial charge on any atom is -0.426 e. The lowest BCUT2D eigenvalue weighted by Crippen LogP contribution is -2.09. The van der Waals surface area contributed by atoms with Crippen LogP contribution in [-0.4, -0.2) is 11.9 Å². The van der Waals surface area contributed by atoms with E-state index in [1.165, 1.54) is 0 Å². The van der Waals surface area contributed by atoms with Crippen LogP contribution in [0.5, 0.6) is 11.5 Å². The fraction of sp³-hybridized carbons (Fsp3) is 0.185. The Kier molecular flexibility index (Phi) is 6.58. The Hall–Kier alpha value is -3.66. The first kappa shape index (κ1) is 20.6. The second-order valence-electron chi connectivity index (χ2n) is 7.46. The third kappa shape index (κ3) is 5.28. The zero-order chi connectivity index (χ0) is 21.5. The van der Waals surface area contributed by atoms with Crippen LogP contribution >= 0.6 is 0 Å². The van der Waals surface area contributed by atoms with Gasteiger partial charge in [0.05, 0.1) is 0 Å². The van der Waals surface area contributed by atoms with Crippen molar-refractivity contribution in [3.05, 3.63) is 84.9 Å². The van der Waals surface area contributed by atoms with Gasteiger partial charge in [-0.05, 0) is 35.7 Å². The summed E-state index contributed by atoms with van der Waals surface area (Å²) < 4.78 is 11.1. The summed E-state index contributed by atoms with van der Waals surface area (Å²) in [6.07, 6.45) is 2.74. The van der Waals surface area contributed by atoms with E-state index in [1.54, 1.807) is 0 Å². The predicted molar refractivity (Wildman–Crippen MR) is 122 cm³/mol. The summed E-state index contributed by atoms with van der Waals surface area (Å²) in [6, 6.07) is 27.0. The third-order valence-corrected chi connectivity index (χ3v) is 5.21. The quantitative estimate of drug-likeness (QED) is 0.189. The molecular formula is C27H24O4. The molecule has 4 aromatic rings. The van der Waals surface area contributed by atoms with Gasteiger partial charge in [0.1, 0.15) is 11.5 Å². The maximum atomic E-state index is 12.2. The Morgan fingerprint density at radius 2 is 0.935 bits per heavy atom. The van der Waals surface area contributed by atoms with Gasteiger partial charge in [0.15, 0.2) is 0 Å². The molecule has 4 rings (SSSR count). The van der Waals surface area contributed by atoms with E-state index in [-0.39, 0.29) is 11.9 Å². The highest BCUT2D eigenvalue weighted by Gasteiger charge is 2.10. The number of rotatable bonds is 8. The number of hydrogen-bond acceptors (Lipinski definition) is 4. The molecule has 0 aliphatic carbocycles. The van der Waals surface area contributed by atoms with Crippen LogP contribution in [0.2, 0.25) is 0 Å². The van der Waals surface area contributed by atoms with E-state index in [0.717, 1.165) is 28.0 Å². The zero-order valence-corrected chi connectivity index (χ0v) is 17.3. The van der Waals surface area contributed by atoms with Gasteiger partial charge in [0.2, 0.25) is 0 Å². The number of unbranched alkanes of at least 4 members (excludes halogenated alkanes) is 2. The number of ether oxygens (including phenoxy) is 2. The van der Waals surface area contributed by atoms with Gasteiger partial charge in [-0.2, -0.15) is 0 Å². The molecule has 0 spiro atoms. The highest BCUT2D eigenvalue weighted by molar-refractivity contribution is 5.91. The van der Waals surface area contributed by atoms with Crippen molar-refractivity contribution in [2.45, 2.75) is 32.1 Å². The zero-order valence-electron chi connectivity index (χ0n) is 17.3. The molecule has 31 heavy (non-hydrogen) atoms. The van der Waals surface area contributed by atoms with Gasteiger partial charge in [-0.3, -0.25) is 9.59 Å². The van der Waals surface area contributed by atoms with Crippen molar-refractivity contribution in [3.8, 4) is 11.5 Å². The molecule has 4 nitrogen and oxygen atoms in total. The summed E-state index contributed by atoms with van der Waals surface area (Å²) in [4.78, 5) is 24.4. The second-order valence-corrected chi connectivity index (χ2v) is 7.46. The normalized spacial score (nSPS) is 10.8. The first-order valence-electron chi connectivity index (χ1n) is 10.6. The minimum atomic E-state index is -0.255. The van der Waals surface area contributed by atoms with Gasteiger partial charge in [0, 0.05) is 23.6 Å². The molecule has 0 fully saturated rings. The average molecular weight is 412 g/mol. The lowest BCUT2D eigenvalue weighted by molar-refractivity contribution is -0.134. The number of esters is 2. The first-order valence-corrected chi connectivity index (χ1v) is 10.6. The molecule has 156 valence electrons. The smallest absolute Gasteiger partial charge is 0.311 e. The van der Waals surface area contributed by atoms with Crippen molar-refractivity contribution in [3.63, 3.8) is 0 Å². The Morgan fingerprint density at radius 1 is 0.516 bits per heavy atom. The lowest BCUT2D eigenvalue weighted by Gasteiger charge is -2.08. The van der Waals surface area contributed by atoms with Gasteiger partial charge >= 0.3 is 11.9 Å². The summed E-state index contributed by atoms with van der Waals surface area (Å²) in [5.74, 6) is 0.660. The maximum absolute atomic E-state index is 12.2. The molecule has 0 heterocycles. The van der Waals surface area contributed by atoms with Gasteiger partial charge in [0.25, 0.3) is 0 Å². The Labute approximate surface area is 181 Å². The molecule has 4 heteroatoms. The number of hydrogen-bond donors (Lipinski definition) is 0. The molecular weight excluding hydrogens is 388 g/mol. The topological polar surface area (TPSA) is 52.6 Å². The van der Waals surface area contributed by atoms with Crippen molar-refractivity contribution in [1.29, 1.82) is 0 Å². The van der Waals surface area contributed by atoms with Crippen molar-refractivity contribution in [2.75, 3.05) is 0 Å². The fourth-order valence-corrected chi connectivity index (χ4v) is 3.63. The number of fused-ring (bicyclic) bond motifs is 2. The molecule has 0 saturated heterocycles. The largest absolute Gasteiger partial charge is 0.426 e. The molecule has 0 N–H and O–H groups in total. The Balaban J connectivity index is 1.20. The monoisotopic (exact) mass is 412 g/mol. The van der Waals surface area contributed by atoms with E-state index in [4.69, 9.17) is 9.47 Å². The van der Waals surface area contributed by atoms with Gasteiger partial charge in [-0.1, -0.05) is 79.2 Å². The van der Waals surface area contributed by atoms with Crippen LogP contribution in [0.25, 0.3) is 21.5 Å². The van der Waals surface area contributed by atoms with Crippen molar-refractivity contribution in [2.24, 2.45) is 0 Å². The van der Waals surface area contributed by atoms with Crippen LogP contribution in [0.15, 0.2) is 84.9 Å². The molecule has 0 aliphatic rings. The van der Waals surface area contributed by atoms with Crippen molar-refractivity contribution < 1.29 is 19.1 Å². The van der Waals surface area contributed by atoms with Gasteiger partial charge in [-0.25, -0.2) is 0 Å². The Morgan fingerprint density at radius 3 is 1.42 bits per heavy atom. The number of carbonyl (C=O) groups excluding carboxylic acids is 2. The van der Waals surface area contributed by atoms with E-state index in [9.17, 15) is 9.59 Å². The maximum Gasteiger partial charge on any atom is 0.311 e. The molecule has 0 aromatic heterocycles. The standard InChI is InChI=1S/C27H24O4/c28-26(30-24-16-8-12-20-10-4-6-14-22(20)24)18-2-1-3-19-27(29)31-25-17-9-13-21-11-5-7-15-23(21)25/h4-17H,1-3,18-19H2. The summed E-state index contributed by atoms with van der Waals surface area (Å²) >= 11 is 0. The SMILES string of the molecule is O=C(CCCCCC(=O)Oc1cccc2ccccc12)Oc1cccc2ccccc12. The summed E-state index contributed by atoms with van der Waals surface area (Å²) in [5.41, 5.74) is 0. The molecule has 0 saturated carbocycles. The molecule has 4 aromatic carbocycles. The van der Waals surface area contributed by atoms with Gasteiger partial charge < -0.3 is 9.47 Å². The van der Waals surface area contributed by atoms with Crippen LogP contribution in [0.1, 0.15) is 32.1 Å². The molecule has 0 unspecified atom stereocenters. The van der Waals surface area contributed by atoms with Crippen LogP contribution in [0, 0.1) is 0 Å². The predicted octanol–water partition coefficient (Wildman–Crippen LogP) is 6.45. The summed E-state index contributed by atoms with van der Waals surface area (Å²) in [5, 5.41) is 3.93. The first-order chi connectivity index (χ1) is 15.2. The number of carbonyl (C=O) groups is 2. The minimum absolute atomic E-state index is 0.255. The van der Waals surface area contributed by atoms with E-state index in [2.05, 4.69) is 0 Å². The summed E-state index contributed by atoms with van der Waals surface area (Å²) in [7, 11) is 0. The van der Waals surface area contributed by atoms with Crippen LogP contribution in [0.3, 0.4) is 0 Å². The summed E-state index contributed by atoms with van der Waals surface area (Å²) in [6.45, 7) is 0. The molecule has 0 aliphatic heterocycles. The van der Waals surface area contributed by atoms with Crippen LogP contribution < -0.4 is 9.47 Å². The Bertz CT molecular complexity index is 1110. The van der Waals surface area contributed by atoms with E-state index >= 15 is 0 Å². The molecule has 0 bridgehead atoms. The highest BCUT2D eigenvalue weighted by atomic mass is 16.5. The highest BCUT2D eigenvalue weighted by Crippen LogP contribution is 2.27. The molecule has 0 radical (unpaired) electrons. The molecule has 0 amide bonds. The van der Waals surface area contributed by atoms with Gasteiger partial charge in [-0.15, -0.1) is 0 Å². The van der Waals surface area contributed by atoms with Crippen molar-refractivity contribution in [1.82, 2.24) is 0 Å². The fourth-order valence-electron chi connectivity index (χ4n) is 3.63. The van der Waals surface area contributed by atoms with E-state index in [1.807, 2.05) is 84.9 Å². The van der Waals surface area contributed by atoms with E-state index < -0.39 is 0 Å². The van der Waals surface area contributed by atoms with Crippen LogP contribution in [0.4, 0.5) is 0 Å². The van der Waals surface area contributed by atoms with Crippen molar-refractivity contribution >= 4 is 33.5 Å². The lowest BCUT2D eigenvalue weighted by atomic mass is 10.1.